The number of aromatic nitrogens is 2. The number of nitrogens with zero attached hydrogens (tertiary/aromatic N) is 3. The molecule has 0 N–H and O–H groups in total. The molecule has 2 heterocycles. The van der Waals surface area contributed by atoms with Crippen LogP contribution >= 0.6 is 35.6 Å². The Hall–Kier alpha value is -2.28. The lowest BCUT2D eigenvalue weighted by Crippen LogP contribution is -2.27. The van der Waals surface area contributed by atoms with E-state index in [1.54, 1.807) is 36.5 Å². The normalized spacial score (nSPS) is 16.2. The van der Waals surface area contributed by atoms with Gasteiger partial charge in [-0.2, -0.15) is 0 Å². The minimum Gasteiger partial charge on any atom is -0.268 e. The topological polar surface area (TPSA) is 46.1 Å². The highest BCUT2D eigenvalue weighted by molar-refractivity contribution is 8.27. The summed E-state index contributed by atoms with van der Waals surface area (Å²) < 4.78 is 0.479. The molecule has 1 amide bonds. The van der Waals surface area contributed by atoms with E-state index in [0.29, 0.717) is 25.6 Å². The summed E-state index contributed by atoms with van der Waals surface area (Å²) >= 11 is 12.5. The zero-order valence-corrected chi connectivity index (χ0v) is 15.1. The van der Waals surface area contributed by atoms with Gasteiger partial charge in [-0.05, 0) is 42.5 Å². The van der Waals surface area contributed by atoms with Crippen LogP contribution in [-0.4, -0.2) is 20.2 Å². The summed E-state index contributed by atoms with van der Waals surface area (Å²) in [6.07, 6.45) is 3.37. The van der Waals surface area contributed by atoms with E-state index in [1.807, 2.05) is 24.3 Å². The van der Waals surface area contributed by atoms with Crippen molar-refractivity contribution in [2.75, 3.05) is 4.90 Å². The minimum atomic E-state index is -0.174. The van der Waals surface area contributed by atoms with E-state index < -0.39 is 0 Å². The van der Waals surface area contributed by atoms with Gasteiger partial charge in [0.15, 0.2) is 4.32 Å². The van der Waals surface area contributed by atoms with Crippen molar-refractivity contribution in [3.05, 3.63) is 70.3 Å². The molecule has 0 aliphatic carbocycles. The van der Waals surface area contributed by atoms with Gasteiger partial charge in [0, 0.05) is 5.02 Å². The van der Waals surface area contributed by atoms with Crippen molar-refractivity contribution < 1.29 is 4.79 Å². The van der Waals surface area contributed by atoms with Crippen molar-refractivity contribution in [1.29, 1.82) is 0 Å². The zero-order chi connectivity index (χ0) is 17.4. The van der Waals surface area contributed by atoms with Crippen molar-refractivity contribution in [1.82, 2.24) is 9.97 Å². The van der Waals surface area contributed by atoms with Crippen LogP contribution in [0.25, 0.3) is 17.1 Å². The first-order chi connectivity index (χ1) is 12.1. The van der Waals surface area contributed by atoms with Gasteiger partial charge in [0.05, 0.1) is 33.5 Å². The molecule has 4 nitrogen and oxygen atoms in total. The average molecular weight is 384 g/mol. The number of para-hydroxylation sites is 2. The molecule has 1 aliphatic rings. The predicted molar refractivity (Wildman–Crippen MR) is 107 cm³/mol. The summed E-state index contributed by atoms with van der Waals surface area (Å²) in [6, 6.07) is 14.6. The van der Waals surface area contributed by atoms with Crippen molar-refractivity contribution in [2.24, 2.45) is 0 Å². The maximum absolute atomic E-state index is 12.7. The first-order valence-corrected chi connectivity index (χ1v) is 8.97. The number of hydrogen-bond donors (Lipinski definition) is 0. The monoisotopic (exact) mass is 383 g/mol. The Bertz CT molecular complexity index is 1030. The Morgan fingerprint density at radius 2 is 1.80 bits per heavy atom. The van der Waals surface area contributed by atoms with Crippen LogP contribution in [-0.2, 0) is 4.79 Å². The molecule has 0 unspecified atom stereocenters. The van der Waals surface area contributed by atoms with Crippen LogP contribution in [0.4, 0.5) is 5.69 Å². The molecule has 4 rings (SSSR count). The predicted octanol–water partition coefficient (Wildman–Crippen LogP) is 4.69. The van der Waals surface area contributed by atoms with Crippen molar-refractivity contribution >= 4 is 68.6 Å². The highest BCUT2D eigenvalue weighted by Gasteiger charge is 2.33. The van der Waals surface area contributed by atoms with Gasteiger partial charge in [0.25, 0.3) is 5.91 Å². The smallest absolute Gasteiger partial charge is 0.268 e. The standard InChI is InChI=1S/C18H10ClN3OS2/c19-11-5-7-13(8-6-11)22-17(23)16(25-18(22)24)9-12-10-20-14-3-1-2-4-15(14)21-12/h1-10H/b16-9+. The van der Waals surface area contributed by atoms with E-state index in [9.17, 15) is 4.79 Å². The molecule has 1 fully saturated rings. The lowest BCUT2D eigenvalue weighted by molar-refractivity contribution is -0.113. The zero-order valence-electron chi connectivity index (χ0n) is 12.7. The van der Waals surface area contributed by atoms with Gasteiger partial charge in [-0.25, -0.2) is 4.98 Å². The number of anilines is 1. The van der Waals surface area contributed by atoms with Crippen LogP contribution in [0.2, 0.25) is 5.02 Å². The Morgan fingerprint density at radius 3 is 2.56 bits per heavy atom. The Kier molecular flexibility index (Phi) is 4.25. The molecule has 3 aromatic rings. The summed E-state index contributed by atoms with van der Waals surface area (Å²) in [5.41, 5.74) is 2.91. The number of halogens is 1. The molecular weight excluding hydrogens is 374 g/mol. The summed E-state index contributed by atoms with van der Waals surface area (Å²) in [5, 5.41) is 0.608. The van der Waals surface area contributed by atoms with Gasteiger partial charge in [0.1, 0.15) is 0 Å². The Morgan fingerprint density at radius 1 is 1.08 bits per heavy atom. The van der Waals surface area contributed by atoms with Crippen LogP contribution in [0, 0.1) is 0 Å². The number of fused-ring (bicyclic) bond motifs is 1. The molecule has 122 valence electrons. The van der Waals surface area contributed by atoms with Crippen LogP contribution in [0.15, 0.2) is 59.6 Å². The minimum absolute atomic E-state index is 0.174. The van der Waals surface area contributed by atoms with Crippen LogP contribution in [0.5, 0.6) is 0 Å². The molecule has 25 heavy (non-hydrogen) atoms. The van der Waals surface area contributed by atoms with Gasteiger partial charge in [-0.3, -0.25) is 14.7 Å². The molecule has 0 atom stereocenters. The number of hydrogen-bond acceptors (Lipinski definition) is 5. The highest BCUT2D eigenvalue weighted by Crippen LogP contribution is 2.36. The number of thioether (sulfide) groups is 1. The Labute approximate surface area is 158 Å². The molecule has 7 heteroatoms. The van der Waals surface area contributed by atoms with E-state index in [-0.39, 0.29) is 5.91 Å². The number of benzene rings is 2. The largest absolute Gasteiger partial charge is 0.270 e. The molecule has 1 aromatic heterocycles. The van der Waals surface area contributed by atoms with Gasteiger partial charge in [-0.15, -0.1) is 0 Å². The third-order valence-electron chi connectivity index (χ3n) is 3.62. The maximum atomic E-state index is 12.7. The van der Waals surface area contributed by atoms with E-state index >= 15 is 0 Å². The average Bonchev–Trinajstić information content (AvgIpc) is 2.89. The van der Waals surface area contributed by atoms with Gasteiger partial charge in [0.2, 0.25) is 0 Å². The molecule has 0 radical (unpaired) electrons. The summed E-state index contributed by atoms with van der Waals surface area (Å²) in [5.74, 6) is -0.174. The number of amides is 1. The number of thiocarbonyl (C=S) groups is 1. The number of rotatable bonds is 2. The van der Waals surface area contributed by atoms with E-state index in [0.717, 1.165) is 11.0 Å². The molecule has 1 saturated heterocycles. The van der Waals surface area contributed by atoms with Crippen molar-refractivity contribution in [3.63, 3.8) is 0 Å². The molecule has 0 bridgehead atoms. The fourth-order valence-electron chi connectivity index (χ4n) is 2.46. The third kappa shape index (κ3) is 3.16. The quantitative estimate of drug-likeness (QED) is 0.474. The number of carbonyl (C=O) groups excluding carboxylic acids is 1. The first kappa shape index (κ1) is 16.2. The summed E-state index contributed by atoms with van der Waals surface area (Å²) in [6.45, 7) is 0. The van der Waals surface area contributed by atoms with Crippen molar-refractivity contribution in [2.45, 2.75) is 0 Å². The molecule has 0 saturated carbocycles. The summed E-state index contributed by atoms with van der Waals surface area (Å²) in [7, 11) is 0. The second-order valence-electron chi connectivity index (χ2n) is 5.28. The third-order valence-corrected chi connectivity index (χ3v) is 5.18. The van der Waals surface area contributed by atoms with E-state index in [2.05, 4.69) is 9.97 Å². The second-order valence-corrected chi connectivity index (χ2v) is 7.39. The first-order valence-electron chi connectivity index (χ1n) is 7.37. The van der Waals surface area contributed by atoms with Gasteiger partial charge >= 0.3 is 0 Å². The lowest BCUT2D eigenvalue weighted by Gasteiger charge is -2.14. The van der Waals surface area contributed by atoms with Crippen molar-refractivity contribution in [3.8, 4) is 0 Å². The molecule has 2 aromatic carbocycles. The van der Waals surface area contributed by atoms with Crippen LogP contribution < -0.4 is 4.90 Å². The van der Waals surface area contributed by atoms with Gasteiger partial charge < -0.3 is 0 Å². The fraction of sp³-hybridized carbons (Fsp3) is 0. The maximum Gasteiger partial charge on any atom is 0.270 e. The van der Waals surface area contributed by atoms with E-state index in [4.69, 9.17) is 23.8 Å². The molecular formula is C18H10ClN3OS2. The second kappa shape index (κ2) is 6.55. The molecule has 0 spiro atoms. The SMILES string of the molecule is O=C1/C(=C\c2cnc3ccccc3n2)SC(=S)N1c1ccc(Cl)cc1. The lowest BCUT2D eigenvalue weighted by atomic mass is 10.2. The van der Waals surface area contributed by atoms with E-state index in [1.165, 1.54) is 16.7 Å². The van der Waals surface area contributed by atoms with Gasteiger partial charge in [-0.1, -0.05) is 47.7 Å². The fourth-order valence-corrected chi connectivity index (χ4v) is 3.87. The van der Waals surface area contributed by atoms with Crippen LogP contribution in [0.3, 0.4) is 0 Å². The highest BCUT2D eigenvalue weighted by atomic mass is 35.5. The number of carbonyl (C=O) groups is 1. The van der Waals surface area contributed by atoms with Crippen LogP contribution in [0.1, 0.15) is 5.69 Å². The molecule has 1 aliphatic heterocycles. The Balaban J connectivity index is 1.68. The summed E-state index contributed by atoms with van der Waals surface area (Å²) in [4.78, 5) is 23.6.